The van der Waals surface area contributed by atoms with Gasteiger partial charge < -0.3 is 9.88 Å². The van der Waals surface area contributed by atoms with Crippen LogP contribution in [0.1, 0.15) is 43.4 Å². The van der Waals surface area contributed by atoms with Crippen LogP contribution in [-0.4, -0.2) is 15.6 Å². The lowest BCUT2D eigenvalue weighted by Gasteiger charge is -2.22. The Morgan fingerprint density at radius 1 is 1.10 bits per heavy atom. The lowest BCUT2D eigenvalue weighted by atomic mass is 9.96. The van der Waals surface area contributed by atoms with Gasteiger partial charge in [0.05, 0.1) is 5.69 Å². The van der Waals surface area contributed by atoms with E-state index in [0.717, 1.165) is 39.5 Å². The minimum absolute atomic E-state index is 0.212. The Hall–Kier alpha value is -2.66. The molecule has 2 aromatic heterocycles. The molecule has 0 bridgehead atoms. The van der Waals surface area contributed by atoms with E-state index >= 15 is 0 Å². The van der Waals surface area contributed by atoms with Gasteiger partial charge in [-0.15, -0.1) is 11.3 Å². The zero-order valence-electron chi connectivity index (χ0n) is 17.2. The number of fused-ring (bicyclic) bond motifs is 1. The van der Waals surface area contributed by atoms with E-state index < -0.39 is 0 Å². The summed E-state index contributed by atoms with van der Waals surface area (Å²) in [5.74, 6) is -0.212. The number of rotatable bonds is 5. The molecule has 1 saturated carbocycles. The molecule has 4 aromatic rings. The Kier molecular flexibility index (Phi) is 5.30. The van der Waals surface area contributed by atoms with Crippen molar-refractivity contribution in [3.05, 3.63) is 71.0 Å². The van der Waals surface area contributed by atoms with E-state index in [2.05, 4.69) is 46.5 Å². The summed E-state index contributed by atoms with van der Waals surface area (Å²) in [7, 11) is 0. The summed E-state index contributed by atoms with van der Waals surface area (Å²) in [5, 5.41) is 7.62. The van der Waals surface area contributed by atoms with Gasteiger partial charge in [-0.1, -0.05) is 49.6 Å². The van der Waals surface area contributed by atoms with Crippen molar-refractivity contribution in [1.29, 1.82) is 0 Å². The standard InChI is InChI=1S/C25H26FN3S/c1-17-24(22-16-30-25(28-22)27-20-10-6-3-7-11-20)21-14-19(26)12-13-23(21)29(17)15-18-8-4-2-5-9-18/h2,4-5,8-9,12-14,16,20H,3,6-7,10-11,15H2,1H3,(H,27,28). The number of anilines is 1. The molecule has 1 aliphatic carbocycles. The van der Waals surface area contributed by atoms with Crippen LogP contribution in [0.4, 0.5) is 9.52 Å². The van der Waals surface area contributed by atoms with Gasteiger partial charge in [0.25, 0.3) is 0 Å². The SMILES string of the molecule is Cc1c(-c2csc(NC3CCCCC3)n2)c2cc(F)ccc2n1Cc1ccccc1. The second-order valence-corrected chi connectivity index (χ2v) is 9.07. The lowest BCUT2D eigenvalue weighted by molar-refractivity contribution is 0.462. The van der Waals surface area contributed by atoms with Crippen LogP contribution in [0.5, 0.6) is 0 Å². The van der Waals surface area contributed by atoms with Crippen LogP contribution < -0.4 is 5.32 Å². The van der Waals surface area contributed by atoms with E-state index in [1.54, 1.807) is 23.5 Å². The van der Waals surface area contributed by atoms with Crippen LogP contribution >= 0.6 is 11.3 Å². The van der Waals surface area contributed by atoms with Crippen molar-refractivity contribution < 1.29 is 4.39 Å². The molecule has 5 rings (SSSR count). The summed E-state index contributed by atoms with van der Waals surface area (Å²) in [6, 6.07) is 16.0. The molecular formula is C25H26FN3S. The fraction of sp³-hybridized carbons (Fsp3) is 0.320. The van der Waals surface area contributed by atoms with E-state index in [4.69, 9.17) is 4.98 Å². The molecule has 0 aliphatic heterocycles. The fourth-order valence-corrected chi connectivity index (χ4v) is 5.40. The highest BCUT2D eigenvalue weighted by Gasteiger charge is 2.20. The summed E-state index contributed by atoms with van der Waals surface area (Å²) in [5.41, 5.74) is 5.36. The first-order valence-corrected chi connectivity index (χ1v) is 11.6. The zero-order valence-corrected chi connectivity index (χ0v) is 18.0. The molecule has 1 N–H and O–H groups in total. The van der Waals surface area contributed by atoms with Gasteiger partial charge in [-0.2, -0.15) is 0 Å². The highest BCUT2D eigenvalue weighted by Crippen LogP contribution is 2.37. The zero-order chi connectivity index (χ0) is 20.5. The van der Waals surface area contributed by atoms with Crippen molar-refractivity contribution in [2.24, 2.45) is 0 Å². The Bertz CT molecular complexity index is 1160. The first-order valence-electron chi connectivity index (χ1n) is 10.7. The van der Waals surface area contributed by atoms with E-state index in [9.17, 15) is 4.39 Å². The molecule has 3 nitrogen and oxygen atoms in total. The van der Waals surface area contributed by atoms with Crippen molar-refractivity contribution in [2.75, 3.05) is 5.32 Å². The van der Waals surface area contributed by atoms with E-state index in [-0.39, 0.29) is 5.82 Å². The summed E-state index contributed by atoms with van der Waals surface area (Å²) >= 11 is 1.65. The van der Waals surface area contributed by atoms with Gasteiger partial charge >= 0.3 is 0 Å². The summed E-state index contributed by atoms with van der Waals surface area (Å²) in [4.78, 5) is 4.91. The molecule has 154 valence electrons. The maximum absolute atomic E-state index is 14.2. The maximum Gasteiger partial charge on any atom is 0.183 e. The number of thiazole rings is 1. The van der Waals surface area contributed by atoms with Crippen LogP contribution in [0, 0.1) is 12.7 Å². The maximum atomic E-state index is 14.2. The molecule has 0 amide bonds. The summed E-state index contributed by atoms with van der Waals surface area (Å²) < 4.78 is 16.4. The first kappa shape index (κ1) is 19.3. The normalized spacial score (nSPS) is 15.0. The van der Waals surface area contributed by atoms with Crippen LogP contribution in [0.2, 0.25) is 0 Å². The Morgan fingerprint density at radius 2 is 1.90 bits per heavy atom. The fourth-order valence-electron chi connectivity index (χ4n) is 4.62. The molecular weight excluding hydrogens is 393 g/mol. The monoisotopic (exact) mass is 419 g/mol. The molecule has 0 spiro atoms. The lowest BCUT2D eigenvalue weighted by Crippen LogP contribution is -2.21. The van der Waals surface area contributed by atoms with Gasteiger partial charge in [-0.25, -0.2) is 9.37 Å². The van der Waals surface area contributed by atoms with E-state index in [1.807, 2.05) is 12.1 Å². The van der Waals surface area contributed by atoms with Gasteiger partial charge in [0.15, 0.2) is 5.13 Å². The number of nitrogens with one attached hydrogen (secondary N) is 1. The van der Waals surface area contributed by atoms with Crippen molar-refractivity contribution >= 4 is 27.4 Å². The van der Waals surface area contributed by atoms with Crippen molar-refractivity contribution in [3.63, 3.8) is 0 Å². The molecule has 0 radical (unpaired) electrons. The van der Waals surface area contributed by atoms with Crippen LogP contribution in [0.3, 0.4) is 0 Å². The average molecular weight is 420 g/mol. The molecule has 2 aromatic carbocycles. The first-order chi connectivity index (χ1) is 14.7. The van der Waals surface area contributed by atoms with Crippen molar-refractivity contribution in [1.82, 2.24) is 9.55 Å². The highest BCUT2D eigenvalue weighted by atomic mass is 32.1. The van der Waals surface area contributed by atoms with Crippen LogP contribution in [0.25, 0.3) is 22.2 Å². The molecule has 1 fully saturated rings. The molecule has 30 heavy (non-hydrogen) atoms. The molecule has 0 unspecified atom stereocenters. The number of halogens is 1. The number of aromatic nitrogens is 2. The summed E-state index contributed by atoms with van der Waals surface area (Å²) in [6.45, 7) is 2.87. The van der Waals surface area contributed by atoms with Gasteiger partial charge in [0, 0.05) is 40.1 Å². The van der Waals surface area contributed by atoms with Crippen LogP contribution in [-0.2, 0) is 6.54 Å². The van der Waals surface area contributed by atoms with Crippen LogP contribution in [0.15, 0.2) is 53.9 Å². The molecule has 0 atom stereocenters. The number of nitrogens with zero attached hydrogens (tertiary/aromatic N) is 2. The molecule has 2 heterocycles. The largest absolute Gasteiger partial charge is 0.359 e. The topological polar surface area (TPSA) is 29.9 Å². The third kappa shape index (κ3) is 3.74. The molecule has 1 aliphatic rings. The van der Waals surface area contributed by atoms with Crippen molar-refractivity contribution in [2.45, 2.75) is 51.6 Å². The second-order valence-electron chi connectivity index (χ2n) is 8.21. The van der Waals surface area contributed by atoms with Gasteiger partial charge in [-0.3, -0.25) is 0 Å². The minimum atomic E-state index is -0.212. The van der Waals surface area contributed by atoms with E-state index in [1.165, 1.54) is 37.7 Å². The average Bonchev–Trinajstić information content (AvgIpc) is 3.31. The van der Waals surface area contributed by atoms with Gasteiger partial charge in [0.2, 0.25) is 0 Å². The van der Waals surface area contributed by atoms with Gasteiger partial charge in [0.1, 0.15) is 5.82 Å². The highest BCUT2D eigenvalue weighted by molar-refractivity contribution is 7.14. The quantitative estimate of drug-likeness (QED) is 0.377. The third-order valence-electron chi connectivity index (χ3n) is 6.16. The number of benzene rings is 2. The smallest absolute Gasteiger partial charge is 0.183 e. The number of hydrogen-bond acceptors (Lipinski definition) is 3. The van der Waals surface area contributed by atoms with Crippen molar-refractivity contribution in [3.8, 4) is 11.3 Å². The Morgan fingerprint density at radius 3 is 2.70 bits per heavy atom. The van der Waals surface area contributed by atoms with E-state index in [0.29, 0.717) is 6.04 Å². The number of hydrogen-bond donors (Lipinski definition) is 1. The predicted molar refractivity (Wildman–Crippen MR) is 124 cm³/mol. The third-order valence-corrected chi connectivity index (χ3v) is 6.94. The second kappa shape index (κ2) is 8.23. The predicted octanol–water partition coefficient (Wildman–Crippen LogP) is 7.01. The minimum Gasteiger partial charge on any atom is -0.359 e. The Labute approximate surface area is 180 Å². The molecule has 0 saturated heterocycles. The van der Waals surface area contributed by atoms with Gasteiger partial charge in [-0.05, 0) is 43.5 Å². The summed E-state index contributed by atoms with van der Waals surface area (Å²) in [6.07, 6.45) is 6.36. The molecule has 5 heteroatoms. The Balaban J connectivity index is 1.54.